The number of carbonyl (C=O) groups excluding carboxylic acids is 1. The molecule has 3 nitrogen and oxygen atoms in total. The molecule has 1 aromatic rings. The Kier molecular flexibility index (Phi) is 5.23. The van der Waals surface area contributed by atoms with E-state index in [1.807, 2.05) is 36.1 Å². The summed E-state index contributed by atoms with van der Waals surface area (Å²) in [7, 11) is 0. The molecule has 1 N–H and O–H groups in total. The first kappa shape index (κ1) is 14.4. The van der Waals surface area contributed by atoms with E-state index in [4.69, 9.17) is 11.6 Å². The second-order valence-corrected chi connectivity index (χ2v) is 5.46. The van der Waals surface area contributed by atoms with Crippen molar-refractivity contribution < 1.29 is 4.79 Å². The van der Waals surface area contributed by atoms with Crippen LogP contribution in [0.3, 0.4) is 0 Å². The highest BCUT2D eigenvalue weighted by Crippen LogP contribution is 2.17. The molecule has 19 heavy (non-hydrogen) atoms. The van der Waals surface area contributed by atoms with Crippen molar-refractivity contribution in [2.24, 2.45) is 5.92 Å². The summed E-state index contributed by atoms with van der Waals surface area (Å²) in [6.45, 7) is 5.25. The van der Waals surface area contributed by atoms with Crippen molar-refractivity contribution in [3.63, 3.8) is 0 Å². The van der Waals surface area contributed by atoms with Gasteiger partial charge in [-0.25, -0.2) is 0 Å². The van der Waals surface area contributed by atoms with Crippen molar-refractivity contribution in [2.45, 2.75) is 26.3 Å². The molecule has 0 aromatic heterocycles. The Morgan fingerprint density at radius 2 is 2.37 bits per heavy atom. The summed E-state index contributed by atoms with van der Waals surface area (Å²) < 4.78 is 0. The van der Waals surface area contributed by atoms with Gasteiger partial charge < -0.3 is 10.2 Å². The van der Waals surface area contributed by atoms with E-state index >= 15 is 0 Å². The zero-order valence-corrected chi connectivity index (χ0v) is 12.1. The number of carbonyl (C=O) groups is 1. The van der Waals surface area contributed by atoms with Crippen LogP contribution in [0.15, 0.2) is 24.3 Å². The predicted octanol–water partition coefficient (Wildman–Crippen LogP) is 2.69. The molecule has 1 atom stereocenters. The summed E-state index contributed by atoms with van der Waals surface area (Å²) in [5, 5.41) is 4.02. The Labute approximate surface area is 119 Å². The van der Waals surface area contributed by atoms with E-state index in [-0.39, 0.29) is 11.8 Å². The van der Waals surface area contributed by atoms with Gasteiger partial charge in [0.2, 0.25) is 5.91 Å². The quantitative estimate of drug-likeness (QED) is 0.920. The van der Waals surface area contributed by atoms with Gasteiger partial charge >= 0.3 is 0 Å². The molecule has 1 heterocycles. The molecule has 1 fully saturated rings. The summed E-state index contributed by atoms with van der Waals surface area (Å²) in [6, 6.07) is 7.73. The van der Waals surface area contributed by atoms with E-state index in [0.717, 1.165) is 43.1 Å². The van der Waals surface area contributed by atoms with Crippen molar-refractivity contribution in [2.75, 3.05) is 19.6 Å². The maximum Gasteiger partial charge on any atom is 0.227 e. The van der Waals surface area contributed by atoms with Crippen molar-refractivity contribution in [1.82, 2.24) is 10.2 Å². The molecule has 104 valence electrons. The minimum atomic E-state index is 0.132. The fraction of sp³-hybridized carbons (Fsp3) is 0.533. The molecule has 1 aromatic carbocycles. The fourth-order valence-corrected chi connectivity index (χ4v) is 2.73. The van der Waals surface area contributed by atoms with E-state index < -0.39 is 0 Å². The lowest BCUT2D eigenvalue weighted by Crippen LogP contribution is -2.42. The van der Waals surface area contributed by atoms with Crippen LogP contribution in [0.4, 0.5) is 0 Å². The molecule has 0 saturated carbocycles. The van der Waals surface area contributed by atoms with Gasteiger partial charge in [-0.3, -0.25) is 4.79 Å². The van der Waals surface area contributed by atoms with E-state index in [0.29, 0.717) is 6.54 Å². The average molecular weight is 281 g/mol. The largest absolute Gasteiger partial charge is 0.338 e. The van der Waals surface area contributed by atoms with Crippen LogP contribution in [0, 0.1) is 5.92 Å². The van der Waals surface area contributed by atoms with Crippen LogP contribution in [-0.4, -0.2) is 30.4 Å². The highest BCUT2D eigenvalue weighted by molar-refractivity contribution is 6.30. The number of nitrogens with zero attached hydrogens (tertiary/aromatic N) is 1. The Morgan fingerprint density at radius 1 is 1.53 bits per heavy atom. The SMILES string of the molecule is CCN(Cc1cccc(Cl)c1)C(=O)[C@H]1CCCNC1. The van der Waals surface area contributed by atoms with Crippen LogP contribution in [0.1, 0.15) is 25.3 Å². The minimum Gasteiger partial charge on any atom is -0.338 e. The molecule has 0 unspecified atom stereocenters. The van der Waals surface area contributed by atoms with Gasteiger partial charge in [0.1, 0.15) is 0 Å². The predicted molar refractivity (Wildman–Crippen MR) is 78.1 cm³/mol. The number of hydrogen-bond donors (Lipinski definition) is 1. The molecule has 1 aliphatic rings. The van der Waals surface area contributed by atoms with Crippen LogP contribution < -0.4 is 5.32 Å². The van der Waals surface area contributed by atoms with Gasteiger partial charge in [0.05, 0.1) is 5.92 Å². The maximum absolute atomic E-state index is 12.5. The standard InChI is InChI=1S/C15H21ClN2O/c1-2-18(11-12-5-3-7-14(16)9-12)15(19)13-6-4-8-17-10-13/h3,5,7,9,13,17H,2,4,6,8,10-11H2,1H3/t13-/m0/s1. The van der Waals surface area contributed by atoms with Crippen LogP contribution in [-0.2, 0) is 11.3 Å². The Balaban J connectivity index is 2.00. The number of piperidine rings is 1. The van der Waals surface area contributed by atoms with E-state index in [1.54, 1.807) is 0 Å². The first-order valence-corrected chi connectivity index (χ1v) is 7.32. The summed E-state index contributed by atoms with van der Waals surface area (Å²) in [5.41, 5.74) is 1.09. The van der Waals surface area contributed by atoms with Gasteiger partial charge in [-0.15, -0.1) is 0 Å². The maximum atomic E-state index is 12.5. The van der Waals surface area contributed by atoms with Crippen LogP contribution >= 0.6 is 11.6 Å². The normalized spacial score (nSPS) is 19.2. The molecule has 0 bridgehead atoms. The number of halogens is 1. The minimum absolute atomic E-state index is 0.132. The summed E-state index contributed by atoms with van der Waals surface area (Å²) in [6.07, 6.45) is 2.09. The third-order valence-electron chi connectivity index (χ3n) is 3.60. The summed E-state index contributed by atoms with van der Waals surface area (Å²) in [5.74, 6) is 0.391. The Bertz CT molecular complexity index is 430. The number of amides is 1. The zero-order chi connectivity index (χ0) is 13.7. The highest BCUT2D eigenvalue weighted by atomic mass is 35.5. The van der Waals surface area contributed by atoms with Gasteiger partial charge in [-0.05, 0) is 44.0 Å². The monoisotopic (exact) mass is 280 g/mol. The molecule has 1 amide bonds. The highest BCUT2D eigenvalue weighted by Gasteiger charge is 2.25. The van der Waals surface area contributed by atoms with E-state index in [1.165, 1.54) is 0 Å². The average Bonchev–Trinajstić information content (AvgIpc) is 2.45. The van der Waals surface area contributed by atoms with Crippen molar-refractivity contribution in [3.8, 4) is 0 Å². The molecular weight excluding hydrogens is 260 g/mol. The molecular formula is C15H21ClN2O. The molecule has 0 radical (unpaired) electrons. The first-order chi connectivity index (χ1) is 9.20. The third kappa shape index (κ3) is 3.95. The smallest absolute Gasteiger partial charge is 0.227 e. The van der Waals surface area contributed by atoms with Crippen LogP contribution in [0.2, 0.25) is 5.02 Å². The van der Waals surface area contributed by atoms with Crippen LogP contribution in [0.25, 0.3) is 0 Å². The number of nitrogens with one attached hydrogen (secondary N) is 1. The summed E-state index contributed by atoms with van der Waals surface area (Å²) in [4.78, 5) is 14.4. The lowest BCUT2D eigenvalue weighted by atomic mass is 9.98. The fourth-order valence-electron chi connectivity index (χ4n) is 2.52. The number of hydrogen-bond acceptors (Lipinski definition) is 2. The van der Waals surface area contributed by atoms with Crippen molar-refractivity contribution >= 4 is 17.5 Å². The second kappa shape index (κ2) is 6.92. The third-order valence-corrected chi connectivity index (χ3v) is 3.84. The molecule has 2 rings (SSSR count). The molecule has 0 spiro atoms. The lowest BCUT2D eigenvalue weighted by Gasteiger charge is -2.29. The van der Waals surface area contributed by atoms with E-state index in [9.17, 15) is 4.79 Å². The topological polar surface area (TPSA) is 32.3 Å². The van der Waals surface area contributed by atoms with Crippen molar-refractivity contribution in [1.29, 1.82) is 0 Å². The summed E-state index contributed by atoms with van der Waals surface area (Å²) >= 11 is 5.99. The molecule has 1 aliphatic heterocycles. The zero-order valence-electron chi connectivity index (χ0n) is 11.4. The van der Waals surface area contributed by atoms with Gasteiger partial charge in [-0.1, -0.05) is 23.7 Å². The number of rotatable bonds is 4. The van der Waals surface area contributed by atoms with Gasteiger partial charge in [-0.2, -0.15) is 0 Å². The van der Waals surface area contributed by atoms with Gasteiger partial charge in [0, 0.05) is 24.7 Å². The molecule has 1 saturated heterocycles. The molecule has 4 heteroatoms. The van der Waals surface area contributed by atoms with E-state index in [2.05, 4.69) is 5.32 Å². The first-order valence-electron chi connectivity index (χ1n) is 6.94. The van der Waals surface area contributed by atoms with Gasteiger partial charge in [0.15, 0.2) is 0 Å². The Hall–Kier alpha value is -1.06. The Morgan fingerprint density at radius 3 is 3.00 bits per heavy atom. The van der Waals surface area contributed by atoms with Gasteiger partial charge in [0.25, 0.3) is 0 Å². The second-order valence-electron chi connectivity index (χ2n) is 5.03. The van der Waals surface area contributed by atoms with Crippen LogP contribution in [0.5, 0.6) is 0 Å². The lowest BCUT2D eigenvalue weighted by molar-refractivity contribution is -0.136. The van der Waals surface area contributed by atoms with Crippen molar-refractivity contribution in [3.05, 3.63) is 34.9 Å². The number of benzene rings is 1. The molecule has 0 aliphatic carbocycles.